The molecule has 0 rings (SSSR count). The van der Waals surface area contributed by atoms with Crippen molar-refractivity contribution in [1.82, 2.24) is 0 Å². The van der Waals surface area contributed by atoms with Crippen LogP contribution in [0.2, 0.25) is 0 Å². The fourth-order valence-electron chi connectivity index (χ4n) is 8.80. The van der Waals surface area contributed by atoms with Crippen LogP contribution >= 0.6 is 0 Å². The van der Waals surface area contributed by atoms with Crippen LogP contribution in [0.25, 0.3) is 0 Å². The van der Waals surface area contributed by atoms with Crippen molar-refractivity contribution in [3.8, 4) is 0 Å². The van der Waals surface area contributed by atoms with Gasteiger partial charge < -0.3 is 14.2 Å². The van der Waals surface area contributed by atoms with Gasteiger partial charge in [-0.05, 0) is 19.3 Å². The van der Waals surface area contributed by atoms with Crippen molar-refractivity contribution in [3.05, 3.63) is 0 Å². The first-order valence-electron chi connectivity index (χ1n) is 28.5. The van der Waals surface area contributed by atoms with Crippen molar-refractivity contribution < 1.29 is 28.6 Å². The number of carbonyl (C=O) groups excluding carboxylic acids is 3. The van der Waals surface area contributed by atoms with Crippen molar-refractivity contribution in [3.63, 3.8) is 0 Å². The molecular weight excluding hydrogens is 781 g/mol. The highest BCUT2D eigenvalue weighted by atomic mass is 16.6. The highest BCUT2D eigenvalue weighted by molar-refractivity contribution is 5.71. The largest absolute Gasteiger partial charge is 0.462 e. The van der Waals surface area contributed by atoms with Crippen LogP contribution in [-0.2, 0) is 28.6 Å². The molecule has 0 amide bonds. The number of esters is 3. The Morgan fingerprint density at radius 3 is 0.635 bits per heavy atom. The van der Waals surface area contributed by atoms with Crippen molar-refractivity contribution in [1.29, 1.82) is 0 Å². The lowest BCUT2D eigenvalue weighted by Gasteiger charge is -2.18. The monoisotopic (exact) mass is 891 g/mol. The van der Waals surface area contributed by atoms with Gasteiger partial charge in [0.15, 0.2) is 6.10 Å². The van der Waals surface area contributed by atoms with E-state index in [2.05, 4.69) is 20.8 Å². The summed E-state index contributed by atoms with van der Waals surface area (Å²) in [5, 5.41) is 0. The van der Waals surface area contributed by atoms with E-state index in [0.717, 1.165) is 57.8 Å². The number of ether oxygens (including phenoxy) is 3. The maximum Gasteiger partial charge on any atom is 0.306 e. The van der Waals surface area contributed by atoms with Gasteiger partial charge in [-0.3, -0.25) is 14.4 Å². The SMILES string of the molecule is CCCCCCCCCCCCCCCCCCCCCCCC(=O)OCC(COC(=O)CCCCCCCCCCC)OC(=O)CCCCCCCCCCCCCCCCC. The zero-order chi connectivity index (χ0) is 45.8. The smallest absolute Gasteiger partial charge is 0.306 e. The Bertz CT molecular complexity index is 936. The summed E-state index contributed by atoms with van der Waals surface area (Å²) in [6.07, 6.45) is 58.2. The predicted molar refractivity (Wildman–Crippen MR) is 270 cm³/mol. The van der Waals surface area contributed by atoms with Crippen LogP contribution in [0.4, 0.5) is 0 Å². The Kier molecular flexibility index (Phi) is 51.7. The molecule has 0 saturated heterocycles. The van der Waals surface area contributed by atoms with Crippen molar-refractivity contribution in [2.24, 2.45) is 0 Å². The minimum absolute atomic E-state index is 0.0615. The average molecular weight is 892 g/mol. The van der Waals surface area contributed by atoms with E-state index >= 15 is 0 Å². The van der Waals surface area contributed by atoms with Gasteiger partial charge in [0, 0.05) is 19.3 Å². The fourth-order valence-corrected chi connectivity index (χ4v) is 8.80. The zero-order valence-electron chi connectivity index (χ0n) is 42.9. The summed E-state index contributed by atoms with van der Waals surface area (Å²) >= 11 is 0. The third-order valence-electron chi connectivity index (χ3n) is 13.1. The highest BCUT2D eigenvalue weighted by Gasteiger charge is 2.19. The molecule has 0 aromatic heterocycles. The molecule has 0 saturated carbocycles. The van der Waals surface area contributed by atoms with Crippen LogP contribution in [0.5, 0.6) is 0 Å². The number of hydrogen-bond acceptors (Lipinski definition) is 6. The molecule has 0 heterocycles. The number of rotatable bonds is 53. The van der Waals surface area contributed by atoms with E-state index in [9.17, 15) is 14.4 Å². The lowest BCUT2D eigenvalue weighted by Crippen LogP contribution is -2.30. The molecule has 1 atom stereocenters. The maximum atomic E-state index is 12.8. The van der Waals surface area contributed by atoms with E-state index in [1.807, 2.05) is 0 Å². The molecule has 0 aromatic carbocycles. The van der Waals surface area contributed by atoms with Crippen LogP contribution in [0, 0.1) is 0 Å². The van der Waals surface area contributed by atoms with Gasteiger partial charge in [-0.15, -0.1) is 0 Å². The second-order valence-electron chi connectivity index (χ2n) is 19.6. The van der Waals surface area contributed by atoms with Crippen molar-refractivity contribution >= 4 is 17.9 Å². The summed E-state index contributed by atoms with van der Waals surface area (Å²) in [6, 6.07) is 0. The van der Waals surface area contributed by atoms with Gasteiger partial charge in [0.25, 0.3) is 0 Å². The molecule has 0 fully saturated rings. The van der Waals surface area contributed by atoms with E-state index < -0.39 is 6.10 Å². The quantitative estimate of drug-likeness (QED) is 0.0344. The Morgan fingerprint density at radius 2 is 0.429 bits per heavy atom. The second-order valence-corrected chi connectivity index (χ2v) is 19.6. The third-order valence-corrected chi connectivity index (χ3v) is 13.1. The standard InChI is InChI=1S/C57H110O6/c1-4-7-10-13-16-19-21-23-25-26-27-28-29-30-32-33-35-38-41-44-47-50-56(59)62-53-54(52-61-55(58)49-46-43-40-37-18-15-12-9-6-3)63-57(60)51-48-45-42-39-36-34-31-24-22-20-17-14-11-8-5-2/h54H,4-53H2,1-3H3. The lowest BCUT2D eigenvalue weighted by atomic mass is 10.0. The predicted octanol–water partition coefficient (Wildman–Crippen LogP) is 18.8. The first-order valence-corrected chi connectivity index (χ1v) is 28.5. The molecular formula is C57H110O6. The Balaban J connectivity index is 4.17. The van der Waals surface area contributed by atoms with E-state index in [1.165, 1.54) is 231 Å². The van der Waals surface area contributed by atoms with Gasteiger partial charge in [0.2, 0.25) is 0 Å². The Morgan fingerprint density at radius 1 is 0.254 bits per heavy atom. The number of unbranched alkanes of at least 4 members (excludes halogenated alkanes) is 42. The van der Waals surface area contributed by atoms with Gasteiger partial charge in [-0.25, -0.2) is 0 Å². The molecule has 0 aliphatic heterocycles. The van der Waals surface area contributed by atoms with Gasteiger partial charge in [0.05, 0.1) is 0 Å². The average Bonchev–Trinajstić information content (AvgIpc) is 3.28. The molecule has 6 nitrogen and oxygen atoms in total. The van der Waals surface area contributed by atoms with Crippen LogP contribution < -0.4 is 0 Å². The molecule has 374 valence electrons. The topological polar surface area (TPSA) is 78.9 Å². The zero-order valence-corrected chi connectivity index (χ0v) is 42.9. The highest BCUT2D eigenvalue weighted by Crippen LogP contribution is 2.18. The summed E-state index contributed by atoms with van der Waals surface area (Å²) in [4.78, 5) is 38.0. The van der Waals surface area contributed by atoms with Crippen LogP contribution in [0.1, 0.15) is 329 Å². The maximum absolute atomic E-state index is 12.8. The Hall–Kier alpha value is -1.59. The third kappa shape index (κ3) is 51.3. The summed E-state index contributed by atoms with van der Waals surface area (Å²) in [7, 11) is 0. The number of hydrogen-bond donors (Lipinski definition) is 0. The molecule has 0 bridgehead atoms. The first kappa shape index (κ1) is 61.4. The van der Waals surface area contributed by atoms with Crippen molar-refractivity contribution in [2.45, 2.75) is 335 Å². The normalized spacial score (nSPS) is 11.9. The molecule has 0 spiro atoms. The van der Waals surface area contributed by atoms with Gasteiger partial charge in [-0.1, -0.05) is 290 Å². The summed E-state index contributed by atoms with van der Waals surface area (Å²) in [6.45, 7) is 6.68. The van der Waals surface area contributed by atoms with E-state index in [4.69, 9.17) is 14.2 Å². The van der Waals surface area contributed by atoms with Crippen molar-refractivity contribution in [2.75, 3.05) is 13.2 Å². The van der Waals surface area contributed by atoms with Gasteiger partial charge in [0.1, 0.15) is 13.2 Å². The summed E-state index contributed by atoms with van der Waals surface area (Å²) < 4.78 is 16.8. The summed E-state index contributed by atoms with van der Waals surface area (Å²) in [5.41, 5.74) is 0. The fraction of sp³-hybridized carbons (Fsp3) is 0.947. The molecule has 0 aliphatic rings. The molecule has 0 aromatic rings. The Labute approximate surface area is 393 Å². The first-order chi connectivity index (χ1) is 31.0. The minimum Gasteiger partial charge on any atom is -0.462 e. The van der Waals surface area contributed by atoms with E-state index in [1.54, 1.807) is 0 Å². The molecule has 63 heavy (non-hydrogen) atoms. The van der Waals surface area contributed by atoms with Crippen LogP contribution in [0.15, 0.2) is 0 Å². The molecule has 0 N–H and O–H groups in total. The van der Waals surface area contributed by atoms with Gasteiger partial charge >= 0.3 is 17.9 Å². The summed E-state index contributed by atoms with van der Waals surface area (Å²) in [5.74, 6) is -0.838. The molecule has 6 heteroatoms. The van der Waals surface area contributed by atoms with E-state index in [0.29, 0.717) is 19.3 Å². The second kappa shape index (κ2) is 53.0. The van der Waals surface area contributed by atoms with Gasteiger partial charge in [-0.2, -0.15) is 0 Å². The van der Waals surface area contributed by atoms with Crippen LogP contribution in [0.3, 0.4) is 0 Å². The molecule has 1 unspecified atom stereocenters. The van der Waals surface area contributed by atoms with Crippen LogP contribution in [-0.4, -0.2) is 37.2 Å². The lowest BCUT2D eigenvalue weighted by molar-refractivity contribution is -0.167. The minimum atomic E-state index is -0.760. The molecule has 0 radical (unpaired) electrons. The number of carbonyl (C=O) groups is 3. The van der Waals surface area contributed by atoms with E-state index in [-0.39, 0.29) is 31.1 Å². The molecule has 0 aliphatic carbocycles.